The molecule has 0 bridgehead atoms. The molecule has 2 aromatic rings. The lowest BCUT2D eigenvalue weighted by Crippen LogP contribution is -2.30. The number of carbonyl (C=O) groups excluding carboxylic acids is 1. The number of nitrogens with one attached hydrogen (secondary N) is 2. The normalized spacial score (nSPS) is 10.5. The molecule has 2 N–H and O–H groups in total. The topological polar surface area (TPSA) is 78.1 Å². The summed E-state index contributed by atoms with van der Waals surface area (Å²) in [4.78, 5) is 25.5. The molecule has 6 heteroatoms. The Morgan fingerprint density at radius 1 is 1.32 bits per heavy atom. The summed E-state index contributed by atoms with van der Waals surface area (Å²) in [5.41, 5.74) is 1.60. The number of rotatable bonds is 5. The van der Waals surface area contributed by atoms with Crippen LogP contribution in [0.3, 0.4) is 0 Å². The number of carbonyl (C=O) groups is 1. The van der Waals surface area contributed by atoms with Crippen molar-refractivity contribution in [1.29, 1.82) is 0 Å². The number of anilines is 2. The van der Waals surface area contributed by atoms with Gasteiger partial charge >= 0.3 is 0 Å². The van der Waals surface area contributed by atoms with Crippen LogP contribution in [0.2, 0.25) is 0 Å². The average Bonchev–Trinajstić information content (AvgIpc) is 2.49. The van der Waals surface area contributed by atoms with E-state index in [2.05, 4.69) is 41.2 Å². The highest BCUT2D eigenvalue weighted by Gasteiger charge is 2.10. The lowest BCUT2D eigenvalue weighted by Gasteiger charge is -2.27. The smallest absolute Gasteiger partial charge is 0.264 e. The van der Waals surface area contributed by atoms with E-state index in [-0.39, 0.29) is 11.5 Å². The molecule has 0 spiro atoms. The molecule has 0 atom stereocenters. The summed E-state index contributed by atoms with van der Waals surface area (Å²) < 4.78 is 0. The second-order valence-corrected chi connectivity index (χ2v) is 5.21. The first-order chi connectivity index (χ1) is 10.5. The monoisotopic (exact) mass is 300 g/mol. The fourth-order valence-electron chi connectivity index (χ4n) is 2.29. The van der Waals surface area contributed by atoms with Crippen LogP contribution in [-0.4, -0.2) is 28.7 Å². The van der Waals surface area contributed by atoms with Gasteiger partial charge in [0.2, 0.25) is 0 Å². The van der Waals surface area contributed by atoms with Crippen LogP contribution in [0.1, 0.15) is 31.1 Å². The van der Waals surface area contributed by atoms with Gasteiger partial charge in [-0.2, -0.15) is 5.10 Å². The zero-order chi connectivity index (χ0) is 16.1. The first kappa shape index (κ1) is 15.8. The molecule has 6 nitrogen and oxygen atoms in total. The van der Waals surface area contributed by atoms with E-state index in [1.54, 1.807) is 0 Å². The Balaban J connectivity index is 2.11. The first-order valence-corrected chi connectivity index (χ1v) is 7.24. The van der Waals surface area contributed by atoms with E-state index in [0.29, 0.717) is 11.7 Å². The molecule has 0 aliphatic rings. The number of benzene rings is 1. The highest BCUT2D eigenvalue weighted by molar-refractivity contribution is 6.04. The maximum atomic E-state index is 12.0. The first-order valence-electron chi connectivity index (χ1n) is 7.24. The third-order valence-corrected chi connectivity index (χ3v) is 3.35. The molecule has 1 amide bonds. The Labute approximate surface area is 129 Å². The van der Waals surface area contributed by atoms with Gasteiger partial charge in [0.1, 0.15) is 0 Å². The summed E-state index contributed by atoms with van der Waals surface area (Å²) in [6, 6.07) is 9.25. The Hall–Kier alpha value is -2.63. The molecule has 1 heterocycles. The molecule has 2 rings (SSSR count). The highest BCUT2D eigenvalue weighted by atomic mass is 16.2. The third kappa shape index (κ3) is 3.72. The van der Waals surface area contributed by atoms with Crippen LogP contribution in [0.15, 0.2) is 41.3 Å². The van der Waals surface area contributed by atoms with E-state index in [1.807, 2.05) is 24.3 Å². The van der Waals surface area contributed by atoms with Crippen molar-refractivity contribution in [3.05, 3.63) is 52.4 Å². The van der Waals surface area contributed by atoms with Gasteiger partial charge in [0.25, 0.3) is 11.5 Å². The number of aromatic nitrogens is 2. The molecule has 0 aliphatic heterocycles. The van der Waals surface area contributed by atoms with Gasteiger partial charge in [-0.05, 0) is 45.0 Å². The van der Waals surface area contributed by atoms with Crippen molar-refractivity contribution in [3.63, 3.8) is 0 Å². The zero-order valence-corrected chi connectivity index (χ0v) is 13.0. The average molecular weight is 300 g/mol. The Morgan fingerprint density at radius 2 is 2.00 bits per heavy atom. The van der Waals surface area contributed by atoms with Gasteiger partial charge in [-0.3, -0.25) is 9.59 Å². The fourth-order valence-corrected chi connectivity index (χ4v) is 2.29. The van der Waals surface area contributed by atoms with E-state index in [1.165, 1.54) is 12.3 Å². The molecule has 1 aromatic heterocycles. The van der Waals surface area contributed by atoms with E-state index >= 15 is 0 Å². The quantitative estimate of drug-likeness (QED) is 0.888. The molecule has 0 saturated carbocycles. The second-order valence-electron chi connectivity index (χ2n) is 5.21. The second kappa shape index (κ2) is 6.89. The van der Waals surface area contributed by atoms with Crippen molar-refractivity contribution in [1.82, 2.24) is 10.2 Å². The van der Waals surface area contributed by atoms with Crippen molar-refractivity contribution >= 4 is 17.3 Å². The van der Waals surface area contributed by atoms with Gasteiger partial charge in [0.05, 0.1) is 11.8 Å². The van der Waals surface area contributed by atoms with E-state index < -0.39 is 5.56 Å². The van der Waals surface area contributed by atoms with Crippen LogP contribution < -0.4 is 15.8 Å². The number of H-pyrrole nitrogens is 1. The summed E-state index contributed by atoms with van der Waals surface area (Å²) in [6.45, 7) is 7.30. The summed E-state index contributed by atoms with van der Waals surface area (Å²) >= 11 is 0. The fraction of sp³-hybridized carbons (Fsp3) is 0.312. The van der Waals surface area contributed by atoms with Crippen molar-refractivity contribution in [3.8, 4) is 0 Å². The van der Waals surface area contributed by atoms with Crippen molar-refractivity contribution in [2.45, 2.75) is 26.8 Å². The number of nitrogens with zero attached hydrogens (tertiary/aromatic N) is 2. The van der Waals surface area contributed by atoms with Gasteiger partial charge in [-0.1, -0.05) is 0 Å². The van der Waals surface area contributed by atoms with E-state index in [0.717, 1.165) is 12.2 Å². The van der Waals surface area contributed by atoms with Crippen molar-refractivity contribution in [2.24, 2.45) is 0 Å². The van der Waals surface area contributed by atoms with Crippen LogP contribution in [0, 0.1) is 0 Å². The Bertz CT molecular complexity index is 692. The van der Waals surface area contributed by atoms with Crippen LogP contribution >= 0.6 is 0 Å². The highest BCUT2D eigenvalue weighted by Crippen LogP contribution is 2.20. The van der Waals surface area contributed by atoms with Gasteiger partial charge in [0.15, 0.2) is 0 Å². The Morgan fingerprint density at radius 3 is 2.55 bits per heavy atom. The molecule has 0 fully saturated rings. The summed E-state index contributed by atoms with van der Waals surface area (Å²) in [6.07, 6.45) is 1.32. The van der Waals surface area contributed by atoms with Gasteiger partial charge < -0.3 is 10.2 Å². The minimum atomic E-state index is -0.404. The lowest BCUT2D eigenvalue weighted by atomic mass is 10.2. The van der Waals surface area contributed by atoms with Gasteiger partial charge in [-0.15, -0.1) is 0 Å². The molecular formula is C16H20N4O2. The lowest BCUT2D eigenvalue weighted by molar-refractivity contribution is 0.102. The summed E-state index contributed by atoms with van der Waals surface area (Å²) in [7, 11) is 0. The Kier molecular flexibility index (Phi) is 4.93. The van der Waals surface area contributed by atoms with Gasteiger partial charge in [0, 0.05) is 30.0 Å². The standard InChI is InChI=1S/C16H20N4O2/c1-4-20(11(2)3)14-7-5-13(6-8-14)18-16(22)12-9-15(21)19-17-10-12/h5-11H,4H2,1-3H3,(H,18,22)(H,19,21). The summed E-state index contributed by atoms with van der Waals surface area (Å²) in [5, 5.41) is 8.59. The molecule has 0 saturated heterocycles. The zero-order valence-electron chi connectivity index (χ0n) is 13.0. The molecule has 0 radical (unpaired) electrons. The third-order valence-electron chi connectivity index (χ3n) is 3.35. The minimum Gasteiger partial charge on any atom is -0.369 e. The minimum absolute atomic E-state index is 0.227. The molecule has 0 aliphatic carbocycles. The number of aromatic amines is 1. The van der Waals surface area contributed by atoms with Crippen molar-refractivity contribution in [2.75, 3.05) is 16.8 Å². The van der Waals surface area contributed by atoms with Crippen LogP contribution in [-0.2, 0) is 0 Å². The molecular weight excluding hydrogens is 280 g/mol. The number of hydrogen-bond donors (Lipinski definition) is 2. The SMILES string of the molecule is CCN(c1ccc(NC(=O)c2cn[nH]c(=O)c2)cc1)C(C)C. The molecule has 116 valence electrons. The molecule has 0 unspecified atom stereocenters. The number of amides is 1. The number of hydrogen-bond acceptors (Lipinski definition) is 4. The van der Waals surface area contributed by atoms with Gasteiger partial charge in [-0.25, -0.2) is 5.10 Å². The van der Waals surface area contributed by atoms with Crippen LogP contribution in [0.4, 0.5) is 11.4 Å². The maximum Gasteiger partial charge on any atom is 0.264 e. The molecule has 22 heavy (non-hydrogen) atoms. The summed E-state index contributed by atoms with van der Waals surface area (Å²) in [5.74, 6) is -0.359. The predicted molar refractivity (Wildman–Crippen MR) is 87.4 cm³/mol. The van der Waals surface area contributed by atoms with E-state index in [4.69, 9.17) is 0 Å². The maximum absolute atomic E-state index is 12.0. The molecule has 1 aromatic carbocycles. The largest absolute Gasteiger partial charge is 0.369 e. The van der Waals surface area contributed by atoms with Crippen molar-refractivity contribution < 1.29 is 4.79 Å². The van der Waals surface area contributed by atoms with E-state index in [9.17, 15) is 9.59 Å². The van der Waals surface area contributed by atoms with Crippen LogP contribution in [0.5, 0.6) is 0 Å². The van der Waals surface area contributed by atoms with Crippen LogP contribution in [0.25, 0.3) is 0 Å². The predicted octanol–water partition coefficient (Wildman–Crippen LogP) is 2.26.